The number of amides is 2. The number of methoxy groups -OCH3 is 2. The van der Waals surface area contributed by atoms with Gasteiger partial charge >= 0.3 is 5.69 Å². The van der Waals surface area contributed by atoms with Crippen molar-refractivity contribution in [2.75, 3.05) is 50.2 Å². The molecular weight excluding hydrogens is 566 g/mol. The minimum Gasteiger partial charge on any atom is -0.497 e. The van der Waals surface area contributed by atoms with Gasteiger partial charge in [0.2, 0.25) is 11.9 Å². The lowest BCUT2D eigenvalue weighted by molar-refractivity contribution is -0.123. The van der Waals surface area contributed by atoms with Crippen LogP contribution in [0.3, 0.4) is 0 Å². The summed E-state index contributed by atoms with van der Waals surface area (Å²) in [4.78, 5) is 62.9. The molecule has 0 aliphatic carbocycles. The third-order valence-electron chi connectivity index (χ3n) is 8.54. The smallest absolute Gasteiger partial charge is 0.332 e. The van der Waals surface area contributed by atoms with Gasteiger partial charge in [-0.25, -0.2) is 9.69 Å². The van der Waals surface area contributed by atoms with Gasteiger partial charge in [-0.05, 0) is 12.5 Å². The molecule has 2 aromatic carbocycles. The molecule has 230 valence electrons. The number of imide groups is 1. The Labute approximate surface area is 253 Å². The first-order valence-corrected chi connectivity index (χ1v) is 14.4. The first-order valence-electron chi connectivity index (χ1n) is 14.4. The molecule has 13 nitrogen and oxygen atoms in total. The van der Waals surface area contributed by atoms with Crippen LogP contribution in [-0.4, -0.2) is 81.8 Å². The van der Waals surface area contributed by atoms with Crippen LogP contribution in [-0.2, 0) is 30.2 Å². The number of hydrogen-bond donors (Lipinski definition) is 0. The lowest BCUT2D eigenvalue weighted by atomic mass is 10.1. The summed E-state index contributed by atoms with van der Waals surface area (Å²) in [5.41, 5.74) is 2.36. The Balaban J connectivity index is 1.27. The van der Waals surface area contributed by atoms with Crippen LogP contribution in [0.4, 0.5) is 11.6 Å². The number of piperazine rings is 1. The number of carbonyl (C=O) groups excluding carboxylic acids is 2. The Morgan fingerprint density at radius 3 is 2.11 bits per heavy atom. The zero-order valence-electron chi connectivity index (χ0n) is 25.4. The van der Waals surface area contributed by atoms with Crippen molar-refractivity contribution in [2.24, 2.45) is 14.1 Å². The number of aryl methyl sites for hydroxylation is 2. The predicted molar refractivity (Wildman–Crippen MR) is 165 cm³/mol. The molecule has 2 fully saturated rings. The highest BCUT2D eigenvalue weighted by Gasteiger charge is 2.44. The molecule has 0 bridgehead atoms. The summed E-state index contributed by atoms with van der Waals surface area (Å²) in [6.07, 6.45) is 0.0719. The summed E-state index contributed by atoms with van der Waals surface area (Å²) < 4.78 is 15.0. The van der Waals surface area contributed by atoms with E-state index in [2.05, 4.69) is 4.90 Å². The van der Waals surface area contributed by atoms with Gasteiger partial charge in [0.1, 0.15) is 11.5 Å². The SMILES string of the molecule is COc1cc(OC)cc(N2C(=O)CC(N3CCN(c4nc5c(c(=O)n(C)c(=O)n5C)n4Cc4ccc(C)cc4)CC3)C2=O)c1. The van der Waals surface area contributed by atoms with E-state index < -0.39 is 17.3 Å². The second kappa shape index (κ2) is 11.3. The van der Waals surface area contributed by atoms with Crippen LogP contribution in [0.5, 0.6) is 11.5 Å². The van der Waals surface area contributed by atoms with E-state index in [-0.39, 0.29) is 18.2 Å². The number of benzene rings is 2. The van der Waals surface area contributed by atoms with E-state index in [1.807, 2.05) is 40.7 Å². The maximum atomic E-state index is 13.6. The van der Waals surface area contributed by atoms with E-state index >= 15 is 0 Å². The van der Waals surface area contributed by atoms with E-state index in [0.29, 0.717) is 67.0 Å². The number of carbonyl (C=O) groups is 2. The molecule has 0 N–H and O–H groups in total. The van der Waals surface area contributed by atoms with Crippen LogP contribution < -0.4 is 30.5 Å². The maximum absolute atomic E-state index is 13.6. The number of fused-ring (bicyclic) bond motifs is 1. The van der Waals surface area contributed by atoms with Crippen molar-refractivity contribution in [1.29, 1.82) is 0 Å². The van der Waals surface area contributed by atoms with E-state index in [9.17, 15) is 19.2 Å². The predicted octanol–water partition coefficient (Wildman–Crippen LogP) is 1.26. The van der Waals surface area contributed by atoms with Gasteiger partial charge in [0, 0.05) is 58.5 Å². The van der Waals surface area contributed by atoms with Crippen molar-refractivity contribution in [1.82, 2.24) is 23.6 Å². The summed E-state index contributed by atoms with van der Waals surface area (Å²) >= 11 is 0. The average molecular weight is 602 g/mol. The second-order valence-electron chi connectivity index (χ2n) is 11.2. The molecule has 0 radical (unpaired) electrons. The van der Waals surface area contributed by atoms with Crippen LogP contribution >= 0.6 is 0 Å². The number of nitrogens with zero attached hydrogens (tertiary/aromatic N) is 7. The Kier molecular flexibility index (Phi) is 7.49. The lowest BCUT2D eigenvalue weighted by Gasteiger charge is -2.37. The molecule has 4 heterocycles. The number of ether oxygens (including phenoxy) is 2. The zero-order chi connectivity index (χ0) is 31.3. The van der Waals surface area contributed by atoms with Crippen molar-refractivity contribution in [3.8, 4) is 11.5 Å². The van der Waals surface area contributed by atoms with Gasteiger partial charge in [0.15, 0.2) is 11.2 Å². The zero-order valence-corrected chi connectivity index (χ0v) is 25.4. The quantitative estimate of drug-likeness (QED) is 0.288. The van der Waals surface area contributed by atoms with E-state index in [4.69, 9.17) is 14.5 Å². The van der Waals surface area contributed by atoms with Crippen molar-refractivity contribution in [2.45, 2.75) is 25.9 Å². The highest BCUT2D eigenvalue weighted by Crippen LogP contribution is 2.33. The van der Waals surface area contributed by atoms with Crippen LogP contribution in [0.2, 0.25) is 0 Å². The van der Waals surface area contributed by atoms with Crippen molar-refractivity contribution >= 4 is 34.6 Å². The molecule has 0 spiro atoms. The topological polar surface area (TPSA) is 124 Å². The summed E-state index contributed by atoms with van der Waals surface area (Å²) in [6.45, 7) is 4.44. The summed E-state index contributed by atoms with van der Waals surface area (Å²) in [7, 11) is 6.11. The van der Waals surface area contributed by atoms with E-state index in [1.54, 1.807) is 25.2 Å². The van der Waals surface area contributed by atoms with E-state index in [1.165, 1.54) is 30.7 Å². The molecule has 0 saturated carbocycles. The summed E-state index contributed by atoms with van der Waals surface area (Å²) in [5.74, 6) is 0.978. The van der Waals surface area contributed by atoms with Gasteiger partial charge in [-0.2, -0.15) is 4.98 Å². The lowest BCUT2D eigenvalue weighted by Crippen LogP contribution is -2.53. The monoisotopic (exact) mass is 601 g/mol. The van der Waals surface area contributed by atoms with Gasteiger partial charge in [0.05, 0.1) is 38.9 Å². The first-order chi connectivity index (χ1) is 21.1. The highest BCUT2D eigenvalue weighted by molar-refractivity contribution is 6.22. The third-order valence-corrected chi connectivity index (χ3v) is 8.54. The molecule has 2 saturated heterocycles. The number of anilines is 2. The Morgan fingerprint density at radius 2 is 1.50 bits per heavy atom. The van der Waals surface area contributed by atoms with Gasteiger partial charge in [-0.1, -0.05) is 29.8 Å². The highest BCUT2D eigenvalue weighted by atomic mass is 16.5. The fraction of sp³-hybridized carbons (Fsp3) is 0.387. The van der Waals surface area contributed by atoms with Crippen molar-refractivity contribution in [3.63, 3.8) is 0 Å². The second-order valence-corrected chi connectivity index (χ2v) is 11.2. The largest absolute Gasteiger partial charge is 0.497 e. The summed E-state index contributed by atoms with van der Waals surface area (Å²) in [6, 6.07) is 12.5. The van der Waals surface area contributed by atoms with Crippen LogP contribution in [0, 0.1) is 6.92 Å². The minimum atomic E-state index is -0.596. The molecule has 2 amide bonds. The molecule has 2 aliphatic heterocycles. The standard InChI is InChI=1S/C31H35N7O6/c1-19-6-8-20(9-7-19)18-37-26-27(33(2)31(42)34(3)29(26)41)32-30(37)36-12-10-35(11-13-36)24-17-25(39)38(28(24)40)21-14-22(43-4)16-23(15-21)44-5/h6-9,14-16,24H,10-13,17-18H2,1-5H3. The molecule has 13 heteroatoms. The third kappa shape index (κ3) is 4.92. The van der Waals surface area contributed by atoms with Crippen molar-refractivity contribution < 1.29 is 19.1 Å². The molecule has 6 rings (SSSR count). The molecule has 1 atom stereocenters. The Bertz CT molecular complexity index is 1860. The van der Waals surface area contributed by atoms with Gasteiger partial charge in [-0.15, -0.1) is 0 Å². The summed E-state index contributed by atoms with van der Waals surface area (Å²) in [5, 5.41) is 0. The van der Waals surface area contributed by atoms with Crippen molar-refractivity contribution in [3.05, 3.63) is 74.4 Å². The number of imidazole rings is 1. The average Bonchev–Trinajstić information content (AvgIpc) is 3.56. The minimum absolute atomic E-state index is 0.0719. The number of hydrogen-bond acceptors (Lipinski definition) is 9. The first kappa shape index (κ1) is 29.2. The van der Waals surface area contributed by atoms with Gasteiger partial charge < -0.3 is 14.4 Å². The fourth-order valence-corrected chi connectivity index (χ4v) is 6.03. The van der Waals surface area contributed by atoms with Gasteiger partial charge in [0.25, 0.3) is 11.5 Å². The molecule has 2 aromatic heterocycles. The Hall–Kier alpha value is -4.91. The molecule has 1 unspecified atom stereocenters. The van der Waals surface area contributed by atoms with Gasteiger partial charge in [-0.3, -0.25) is 33.0 Å². The molecular formula is C31H35N7O6. The Morgan fingerprint density at radius 1 is 0.864 bits per heavy atom. The maximum Gasteiger partial charge on any atom is 0.332 e. The molecule has 2 aliphatic rings. The number of aromatic nitrogens is 4. The van der Waals surface area contributed by atoms with Crippen LogP contribution in [0.1, 0.15) is 17.5 Å². The van der Waals surface area contributed by atoms with E-state index in [0.717, 1.165) is 15.7 Å². The molecule has 44 heavy (non-hydrogen) atoms. The normalized spacial score (nSPS) is 17.6. The van der Waals surface area contributed by atoms with Crippen LogP contribution in [0.15, 0.2) is 52.1 Å². The number of rotatable bonds is 7. The molecule has 4 aromatic rings. The van der Waals surface area contributed by atoms with Crippen LogP contribution in [0.25, 0.3) is 11.2 Å². The fourth-order valence-electron chi connectivity index (χ4n) is 6.03.